The van der Waals surface area contributed by atoms with E-state index < -0.39 is 23.9 Å². The Balaban J connectivity index is 2.24. The van der Waals surface area contributed by atoms with Gasteiger partial charge in [0.05, 0.1) is 13.0 Å². The molecule has 3 atom stereocenters. The molecule has 0 N–H and O–H groups in total. The second kappa shape index (κ2) is 9.94. The van der Waals surface area contributed by atoms with Crippen LogP contribution in [0.2, 0.25) is 0 Å². The Labute approximate surface area is 188 Å². The number of halogens is 3. The van der Waals surface area contributed by atoms with Crippen molar-refractivity contribution in [1.82, 2.24) is 4.90 Å². The minimum absolute atomic E-state index is 0.159. The molecule has 0 saturated heterocycles. The summed E-state index contributed by atoms with van der Waals surface area (Å²) in [4.78, 5) is 17.3. The number of benzene rings is 2. The van der Waals surface area contributed by atoms with Gasteiger partial charge >= 0.3 is 6.18 Å². The van der Waals surface area contributed by atoms with E-state index in [-0.39, 0.29) is 11.5 Å². The largest absolute Gasteiger partial charge is 0.497 e. The molecule has 0 bridgehead atoms. The number of carbonyl (C=O) groups excluding carboxylic acids is 1. The zero-order valence-electron chi connectivity index (χ0n) is 19.0. The first-order valence-electron chi connectivity index (χ1n) is 10.9. The number of methoxy groups -OCH3 is 1. The van der Waals surface area contributed by atoms with Crippen LogP contribution in [0.25, 0.3) is 0 Å². The highest BCUT2D eigenvalue weighted by Gasteiger charge is 2.53. The third-order valence-corrected chi connectivity index (χ3v) is 6.16. The molecule has 1 amide bonds. The van der Waals surface area contributed by atoms with Gasteiger partial charge in [-0.25, -0.2) is 0 Å². The van der Waals surface area contributed by atoms with E-state index in [1.165, 1.54) is 13.2 Å². The van der Waals surface area contributed by atoms with Crippen LogP contribution in [0.15, 0.2) is 48.5 Å². The van der Waals surface area contributed by atoms with E-state index in [4.69, 9.17) is 4.74 Å². The van der Waals surface area contributed by atoms with Gasteiger partial charge in [-0.2, -0.15) is 13.2 Å². The lowest BCUT2D eigenvalue weighted by molar-refractivity contribution is -0.159. The molecular weight excluding hydrogens is 417 g/mol. The summed E-state index contributed by atoms with van der Waals surface area (Å²) >= 11 is 0. The molecule has 2 aromatic carbocycles. The van der Waals surface area contributed by atoms with Gasteiger partial charge in [0.15, 0.2) is 0 Å². The number of ether oxygens (including phenoxy) is 1. The number of anilines is 1. The lowest BCUT2D eigenvalue weighted by atomic mass is 9.72. The van der Waals surface area contributed by atoms with Crippen LogP contribution in [0.5, 0.6) is 5.75 Å². The number of alkyl halides is 3. The third-order valence-electron chi connectivity index (χ3n) is 6.16. The summed E-state index contributed by atoms with van der Waals surface area (Å²) in [6.45, 7) is 2.80. The quantitative estimate of drug-likeness (QED) is 0.565. The average molecular weight is 449 g/mol. The molecule has 1 aliphatic heterocycles. The maximum atomic E-state index is 14.7. The van der Waals surface area contributed by atoms with E-state index in [1.54, 1.807) is 47.4 Å². The summed E-state index contributed by atoms with van der Waals surface area (Å²) in [5, 5.41) is 0. The first-order valence-corrected chi connectivity index (χ1v) is 10.9. The molecule has 32 heavy (non-hydrogen) atoms. The van der Waals surface area contributed by atoms with Gasteiger partial charge in [-0.15, -0.1) is 0 Å². The van der Waals surface area contributed by atoms with Crippen LogP contribution in [0.3, 0.4) is 0 Å². The topological polar surface area (TPSA) is 32.8 Å². The monoisotopic (exact) mass is 448 g/mol. The van der Waals surface area contributed by atoms with Crippen molar-refractivity contribution in [2.75, 3.05) is 39.2 Å². The SMILES string of the molecule is CCC[C@H]1C(=O)N(CCN(C)C)c2ccccc2C(C(F)(F)F)[C@H]1c1ccc(OC)cc1. The van der Waals surface area contributed by atoms with Gasteiger partial charge in [-0.05, 0) is 49.8 Å². The van der Waals surface area contributed by atoms with Crippen LogP contribution in [-0.2, 0) is 4.79 Å². The number of nitrogens with zero attached hydrogens (tertiary/aromatic N) is 2. The molecule has 0 aromatic heterocycles. The molecule has 174 valence electrons. The van der Waals surface area contributed by atoms with Crippen molar-refractivity contribution in [3.05, 3.63) is 59.7 Å². The predicted octanol–water partition coefficient (Wildman–Crippen LogP) is 5.45. The molecule has 3 rings (SSSR count). The zero-order chi connectivity index (χ0) is 23.5. The van der Waals surface area contributed by atoms with E-state index in [1.807, 2.05) is 25.9 Å². The highest BCUT2D eigenvalue weighted by molar-refractivity contribution is 5.97. The first-order chi connectivity index (χ1) is 15.2. The van der Waals surface area contributed by atoms with Gasteiger partial charge in [0, 0.05) is 30.6 Å². The highest BCUT2D eigenvalue weighted by Crippen LogP contribution is 2.54. The van der Waals surface area contributed by atoms with Crippen LogP contribution >= 0.6 is 0 Å². The summed E-state index contributed by atoms with van der Waals surface area (Å²) in [7, 11) is 5.29. The van der Waals surface area contributed by atoms with Crippen molar-refractivity contribution < 1.29 is 22.7 Å². The molecular formula is C25H31F3N2O2. The first kappa shape index (κ1) is 24.1. The Morgan fingerprint density at radius 1 is 1.06 bits per heavy atom. The number of carbonyl (C=O) groups is 1. The Kier molecular flexibility index (Phi) is 7.49. The van der Waals surface area contributed by atoms with E-state index in [0.717, 1.165) is 0 Å². The normalized spacial score (nSPS) is 21.4. The fourth-order valence-electron chi connectivity index (χ4n) is 4.67. The molecule has 0 radical (unpaired) electrons. The van der Waals surface area contributed by atoms with Crippen molar-refractivity contribution >= 4 is 11.6 Å². The van der Waals surface area contributed by atoms with Gasteiger partial charge in [0.25, 0.3) is 0 Å². The molecule has 1 aliphatic rings. The average Bonchev–Trinajstić information content (AvgIpc) is 2.85. The smallest absolute Gasteiger partial charge is 0.396 e. The maximum Gasteiger partial charge on any atom is 0.396 e. The molecule has 0 saturated carbocycles. The summed E-state index contributed by atoms with van der Waals surface area (Å²) in [5.74, 6) is -3.25. The molecule has 0 fully saturated rings. The minimum Gasteiger partial charge on any atom is -0.497 e. The van der Waals surface area contributed by atoms with Gasteiger partial charge in [0.1, 0.15) is 5.75 Å². The van der Waals surface area contributed by atoms with Gasteiger partial charge in [0.2, 0.25) is 5.91 Å². The van der Waals surface area contributed by atoms with Gasteiger partial charge < -0.3 is 14.5 Å². The van der Waals surface area contributed by atoms with E-state index in [9.17, 15) is 18.0 Å². The van der Waals surface area contributed by atoms with Crippen molar-refractivity contribution in [2.24, 2.45) is 5.92 Å². The van der Waals surface area contributed by atoms with Crippen LogP contribution in [0.4, 0.5) is 18.9 Å². The van der Waals surface area contributed by atoms with Crippen molar-refractivity contribution in [2.45, 2.75) is 37.8 Å². The molecule has 4 nitrogen and oxygen atoms in total. The summed E-state index contributed by atoms with van der Waals surface area (Å²) in [5.41, 5.74) is 1.02. The zero-order valence-corrected chi connectivity index (χ0v) is 19.0. The second-order valence-electron chi connectivity index (χ2n) is 8.57. The van der Waals surface area contributed by atoms with Crippen LogP contribution in [-0.4, -0.2) is 51.3 Å². The summed E-state index contributed by atoms with van der Waals surface area (Å²) in [6, 6.07) is 13.1. The Morgan fingerprint density at radius 2 is 1.72 bits per heavy atom. The lowest BCUT2D eigenvalue weighted by Gasteiger charge is -2.33. The summed E-state index contributed by atoms with van der Waals surface area (Å²) < 4.78 is 49.3. The highest BCUT2D eigenvalue weighted by atomic mass is 19.4. The molecule has 0 spiro atoms. The van der Waals surface area contributed by atoms with E-state index in [2.05, 4.69) is 0 Å². The molecule has 1 unspecified atom stereocenters. The predicted molar refractivity (Wildman–Crippen MR) is 120 cm³/mol. The Bertz CT molecular complexity index is 912. The molecule has 2 aromatic rings. The third kappa shape index (κ3) is 4.93. The van der Waals surface area contributed by atoms with E-state index in [0.29, 0.717) is 42.9 Å². The summed E-state index contributed by atoms with van der Waals surface area (Å²) in [6.07, 6.45) is -3.51. The number of hydrogen-bond donors (Lipinski definition) is 0. The number of fused-ring (bicyclic) bond motifs is 1. The van der Waals surface area contributed by atoms with Crippen molar-refractivity contribution in [1.29, 1.82) is 0 Å². The van der Waals surface area contributed by atoms with Crippen LogP contribution in [0.1, 0.15) is 42.7 Å². The van der Waals surface area contributed by atoms with Crippen LogP contribution in [0, 0.1) is 5.92 Å². The van der Waals surface area contributed by atoms with Crippen molar-refractivity contribution in [3.63, 3.8) is 0 Å². The number of para-hydroxylation sites is 1. The Morgan fingerprint density at radius 3 is 2.28 bits per heavy atom. The molecule has 1 heterocycles. The van der Waals surface area contributed by atoms with Gasteiger partial charge in [-0.3, -0.25) is 4.79 Å². The van der Waals surface area contributed by atoms with Crippen molar-refractivity contribution in [3.8, 4) is 5.75 Å². The molecule has 0 aliphatic carbocycles. The molecule has 7 heteroatoms. The fourth-order valence-corrected chi connectivity index (χ4v) is 4.67. The second-order valence-corrected chi connectivity index (χ2v) is 8.57. The number of likely N-dealkylation sites (N-methyl/N-ethyl adjacent to an activating group) is 1. The fraction of sp³-hybridized carbons (Fsp3) is 0.480. The lowest BCUT2D eigenvalue weighted by Crippen LogP contribution is -2.41. The van der Waals surface area contributed by atoms with Gasteiger partial charge in [-0.1, -0.05) is 43.7 Å². The number of amides is 1. The number of hydrogen-bond acceptors (Lipinski definition) is 3. The maximum absolute atomic E-state index is 14.7. The Hall–Kier alpha value is -2.54. The number of rotatable bonds is 7. The van der Waals surface area contributed by atoms with Crippen LogP contribution < -0.4 is 9.64 Å². The van der Waals surface area contributed by atoms with E-state index >= 15 is 0 Å². The standard InChI is InChI=1S/C25H31F3N2O2/c1-5-8-20-22(17-11-13-18(32-4)14-12-17)23(25(26,27)28)19-9-6-7-10-21(19)30(24(20)31)16-15-29(2)3/h6-7,9-14,20,22-23H,5,8,15-16H2,1-4H3/t20-,22+,23?/m1/s1. The minimum atomic E-state index is -4.51.